The maximum Gasteiger partial charge on any atom is 1.00 e. The Morgan fingerprint density at radius 1 is 0.760 bits per heavy atom. The second-order valence-electron chi connectivity index (χ2n) is 6.55. The minimum absolute atomic E-state index is 0. The van der Waals surface area contributed by atoms with Gasteiger partial charge in [0.15, 0.2) is 0 Å². The van der Waals surface area contributed by atoms with Crippen LogP contribution in [-0.2, 0) is 10.1 Å². The summed E-state index contributed by atoms with van der Waals surface area (Å²) in [4.78, 5) is 0. The Bertz CT molecular complexity index is 509. The zero-order valence-corrected chi connectivity index (χ0v) is 19.0. The predicted molar refractivity (Wildman–Crippen MR) is 103 cm³/mol. The topological polar surface area (TPSA) is 43.4 Å². The van der Waals surface area contributed by atoms with Gasteiger partial charge >= 0.3 is 39.7 Å². The van der Waals surface area contributed by atoms with Gasteiger partial charge in [0.2, 0.25) is 0 Å². The number of unbranched alkanes of at least 4 members (excludes halogenated alkanes) is 11. The molecule has 0 unspecified atom stereocenters. The van der Waals surface area contributed by atoms with Crippen LogP contribution < -0.4 is 33.7 Å². The van der Waals surface area contributed by atoms with Crippen LogP contribution in [0.3, 0.4) is 0 Å². The molecule has 1 aromatic carbocycles. The molecule has 1 aromatic rings. The molecule has 25 heavy (non-hydrogen) atoms. The first-order valence-electron chi connectivity index (χ1n) is 9.61. The van der Waals surface area contributed by atoms with Gasteiger partial charge < -0.3 is 5.61 Å². The fourth-order valence-corrected chi connectivity index (χ4v) is 3.83. The standard InChI is InChI=1S/C20H34O3S.Na.H/c1-2-3-4-5-6-7-8-9-10-11-12-16-19-24(21,22)23-20-17-14-13-15-18-20;;/h13-15,17-18H,2-12,16,19H2,1H3;;/q;+1;-1. The van der Waals surface area contributed by atoms with Gasteiger partial charge in [0.25, 0.3) is 0 Å². The van der Waals surface area contributed by atoms with Gasteiger partial charge in [-0.25, -0.2) is 0 Å². The van der Waals surface area contributed by atoms with Crippen molar-refractivity contribution in [1.29, 1.82) is 0 Å². The Labute approximate surface area is 178 Å². The minimum atomic E-state index is -3.45. The van der Waals surface area contributed by atoms with Crippen molar-refractivity contribution in [2.45, 2.75) is 84.0 Å². The monoisotopic (exact) mass is 378 g/mol. The average molecular weight is 379 g/mol. The van der Waals surface area contributed by atoms with Crippen molar-refractivity contribution in [2.24, 2.45) is 0 Å². The smallest absolute Gasteiger partial charge is 1.00 e. The summed E-state index contributed by atoms with van der Waals surface area (Å²) in [6.45, 7) is 2.25. The fourth-order valence-electron chi connectivity index (χ4n) is 2.78. The maximum atomic E-state index is 11.9. The van der Waals surface area contributed by atoms with E-state index in [9.17, 15) is 8.42 Å². The van der Waals surface area contributed by atoms with E-state index in [2.05, 4.69) is 6.92 Å². The first kappa shape index (κ1) is 25.0. The van der Waals surface area contributed by atoms with Crippen LogP contribution >= 0.6 is 0 Å². The van der Waals surface area contributed by atoms with Crippen LogP contribution in [0.2, 0.25) is 0 Å². The zero-order valence-electron chi connectivity index (χ0n) is 17.2. The van der Waals surface area contributed by atoms with E-state index >= 15 is 0 Å². The summed E-state index contributed by atoms with van der Waals surface area (Å²) in [6.07, 6.45) is 14.8. The summed E-state index contributed by atoms with van der Waals surface area (Å²) in [5.41, 5.74) is 0. The van der Waals surface area contributed by atoms with Crippen molar-refractivity contribution in [3.63, 3.8) is 0 Å². The van der Waals surface area contributed by atoms with Crippen LogP contribution in [0, 0.1) is 0 Å². The molecule has 0 atom stereocenters. The van der Waals surface area contributed by atoms with E-state index < -0.39 is 10.1 Å². The predicted octanol–water partition coefficient (Wildman–Crippen LogP) is 3.21. The molecule has 0 saturated carbocycles. The summed E-state index contributed by atoms with van der Waals surface area (Å²) in [6, 6.07) is 8.72. The Hall–Kier alpha value is -0.0300. The van der Waals surface area contributed by atoms with Crippen LogP contribution in [0.1, 0.15) is 85.4 Å². The second-order valence-corrected chi connectivity index (χ2v) is 8.24. The molecule has 5 heteroatoms. The third-order valence-corrected chi connectivity index (χ3v) is 5.45. The molecule has 0 fully saturated rings. The Balaban J connectivity index is 0. The number of benzene rings is 1. The minimum Gasteiger partial charge on any atom is -1.00 e. The quantitative estimate of drug-likeness (QED) is 0.267. The van der Waals surface area contributed by atoms with Crippen molar-refractivity contribution >= 4 is 10.1 Å². The van der Waals surface area contributed by atoms with Gasteiger partial charge in [-0.05, 0) is 18.6 Å². The van der Waals surface area contributed by atoms with Crippen molar-refractivity contribution in [1.82, 2.24) is 0 Å². The maximum absolute atomic E-state index is 11.9. The molecule has 0 aliphatic heterocycles. The van der Waals surface area contributed by atoms with E-state index in [0.29, 0.717) is 12.2 Å². The van der Waals surface area contributed by atoms with Crippen LogP contribution in [0.5, 0.6) is 5.75 Å². The molecule has 0 aromatic heterocycles. The van der Waals surface area contributed by atoms with E-state index in [4.69, 9.17) is 4.18 Å². The summed E-state index contributed by atoms with van der Waals surface area (Å²) in [5, 5.41) is 0. The molecular weight excluding hydrogens is 343 g/mol. The Morgan fingerprint density at radius 2 is 1.20 bits per heavy atom. The molecule has 0 radical (unpaired) electrons. The van der Waals surface area contributed by atoms with E-state index in [1.165, 1.54) is 57.8 Å². The third kappa shape index (κ3) is 14.8. The first-order valence-corrected chi connectivity index (χ1v) is 11.2. The van der Waals surface area contributed by atoms with Gasteiger partial charge in [-0.3, -0.25) is 0 Å². The number of hydrogen-bond acceptors (Lipinski definition) is 3. The van der Waals surface area contributed by atoms with Crippen LogP contribution in [-0.4, -0.2) is 14.2 Å². The fraction of sp³-hybridized carbons (Fsp3) is 0.700. The molecule has 0 aliphatic rings. The molecule has 0 N–H and O–H groups in total. The van der Waals surface area contributed by atoms with E-state index in [1.54, 1.807) is 24.3 Å². The molecule has 1 rings (SSSR count). The van der Waals surface area contributed by atoms with Crippen molar-refractivity contribution in [2.75, 3.05) is 5.75 Å². The summed E-state index contributed by atoms with van der Waals surface area (Å²) >= 11 is 0. The molecule has 0 spiro atoms. The largest absolute Gasteiger partial charge is 1.00 e. The average Bonchev–Trinajstić information content (AvgIpc) is 2.56. The Morgan fingerprint density at radius 3 is 1.68 bits per heavy atom. The van der Waals surface area contributed by atoms with Gasteiger partial charge in [0, 0.05) is 0 Å². The van der Waals surface area contributed by atoms with E-state index in [0.717, 1.165) is 12.8 Å². The van der Waals surface area contributed by atoms with Crippen molar-refractivity contribution < 1.29 is 43.6 Å². The van der Waals surface area contributed by atoms with Crippen LogP contribution in [0.4, 0.5) is 0 Å². The molecule has 140 valence electrons. The third-order valence-electron chi connectivity index (χ3n) is 4.21. The molecule has 0 heterocycles. The van der Waals surface area contributed by atoms with Gasteiger partial charge in [0.05, 0.1) is 5.75 Å². The Kier molecular flexibility index (Phi) is 16.1. The van der Waals surface area contributed by atoms with Gasteiger partial charge in [-0.2, -0.15) is 8.42 Å². The van der Waals surface area contributed by atoms with Gasteiger partial charge in [-0.15, -0.1) is 0 Å². The zero-order chi connectivity index (χ0) is 17.5. The number of para-hydroxylation sites is 1. The first-order chi connectivity index (χ1) is 11.6. The van der Waals surface area contributed by atoms with Crippen LogP contribution in [0.15, 0.2) is 30.3 Å². The van der Waals surface area contributed by atoms with E-state index in [1.807, 2.05) is 6.07 Å². The van der Waals surface area contributed by atoms with Gasteiger partial charge in [-0.1, -0.05) is 95.8 Å². The summed E-state index contributed by atoms with van der Waals surface area (Å²) in [7, 11) is -3.45. The molecule has 0 saturated heterocycles. The summed E-state index contributed by atoms with van der Waals surface area (Å²) < 4.78 is 28.8. The van der Waals surface area contributed by atoms with Crippen LogP contribution in [0.25, 0.3) is 0 Å². The summed E-state index contributed by atoms with van der Waals surface area (Å²) in [5.74, 6) is 0.510. The molecule has 3 nitrogen and oxygen atoms in total. The number of rotatable bonds is 15. The normalized spacial score (nSPS) is 11.1. The van der Waals surface area contributed by atoms with Crippen molar-refractivity contribution in [3.05, 3.63) is 30.3 Å². The van der Waals surface area contributed by atoms with Crippen molar-refractivity contribution in [3.8, 4) is 5.75 Å². The van der Waals surface area contributed by atoms with Gasteiger partial charge in [0.1, 0.15) is 5.75 Å². The second kappa shape index (κ2) is 16.2. The molecule has 0 amide bonds. The molecule has 0 aliphatic carbocycles. The number of hydrogen-bond donors (Lipinski definition) is 0. The molecular formula is C20H35NaO3S. The van der Waals surface area contributed by atoms with E-state index in [-0.39, 0.29) is 36.7 Å². The SMILES string of the molecule is CCCCCCCCCCCCCCS(=O)(=O)Oc1ccccc1.[H-].[Na+]. The molecule has 0 bridgehead atoms.